The van der Waals surface area contributed by atoms with Gasteiger partial charge in [-0.3, -0.25) is 4.79 Å². The molecule has 0 bridgehead atoms. The first-order valence-corrected chi connectivity index (χ1v) is 6.27. The van der Waals surface area contributed by atoms with Crippen molar-refractivity contribution in [2.75, 3.05) is 13.7 Å². The second-order valence-corrected chi connectivity index (χ2v) is 4.67. The number of rotatable bonds is 7. The molecule has 1 aromatic rings. The van der Waals surface area contributed by atoms with Crippen molar-refractivity contribution in [2.24, 2.45) is 5.73 Å². The van der Waals surface area contributed by atoms with E-state index < -0.39 is 23.5 Å². The molecule has 6 heteroatoms. The molecule has 110 valence electrons. The fourth-order valence-electron chi connectivity index (χ4n) is 1.74. The van der Waals surface area contributed by atoms with Crippen LogP contribution in [0.3, 0.4) is 0 Å². The molecule has 0 aliphatic heterocycles. The molecule has 2 atom stereocenters. The summed E-state index contributed by atoms with van der Waals surface area (Å²) in [5.74, 6) is -1.66. The van der Waals surface area contributed by atoms with Gasteiger partial charge in [0.15, 0.2) is 5.54 Å². The number of amides is 1. The van der Waals surface area contributed by atoms with Gasteiger partial charge >= 0.3 is 5.97 Å². The zero-order valence-electron chi connectivity index (χ0n) is 11.6. The molecule has 0 radical (unpaired) electrons. The Morgan fingerprint density at radius 2 is 2.00 bits per heavy atom. The van der Waals surface area contributed by atoms with E-state index in [-0.39, 0.29) is 0 Å². The topological polar surface area (TPSA) is 102 Å². The van der Waals surface area contributed by atoms with Crippen molar-refractivity contribution in [2.45, 2.75) is 24.9 Å². The zero-order valence-corrected chi connectivity index (χ0v) is 11.6. The van der Waals surface area contributed by atoms with E-state index in [2.05, 4.69) is 5.32 Å². The number of hydrogen-bond donors (Lipinski definition) is 3. The van der Waals surface area contributed by atoms with E-state index >= 15 is 0 Å². The highest BCUT2D eigenvalue weighted by molar-refractivity contribution is 5.90. The Kier molecular flexibility index (Phi) is 5.66. The Balaban J connectivity index is 2.88. The number of nitrogens with two attached hydrogens (primary N) is 1. The fraction of sp³-hybridized carbons (Fsp3) is 0.429. The van der Waals surface area contributed by atoms with Gasteiger partial charge in [-0.25, -0.2) is 4.79 Å². The van der Waals surface area contributed by atoms with Crippen LogP contribution in [-0.4, -0.2) is 36.7 Å². The first-order chi connectivity index (χ1) is 9.41. The molecule has 0 aliphatic rings. The Morgan fingerprint density at radius 1 is 1.40 bits per heavy atom. The maximum atomic E-state index is 12.0. The molecule has 0 spiro atoms. The van der Waals surface area contributed by atoms with Gasteiger partial charge in [0, 0.05) is 13.7 Å². The number of carboxylic acid groups (broad SMARTS) is 1. The lowest BCUT2D eigenvalue weighted by Crippen LogP contribution is -2.54. The van der Waals surface area contributed by atoms with Crippen LogP contribution in [0.1, 0.15) is 18.9 Å². The fourth-order valence-corrected chi connectivity index (χ4v) is 1.74. The normalized spacial score (nSPS) is 15.2. The predicted molar refractivity (Wildman–Crippen MR) is 74.0 cm³/mol. The second kappa shape index (κ2) is 7.02. The highest BCUT2D eigenvalue weighted by Gasteiger charge is 2.37. The SMILES string of the molecule is COCCC(N)C(=O)NC(C)(C(=O)O)c1ccccc1. The summed E-state index contributed by atoms with van der Waals surface area (Å²) in [6.45, 7) is 1.77. The molecule has 4 N–H and O–H groups in total. The molecule has 0 saturated heterocycles. The van der Waals surface area contributed by atoms with Crippen LogP contribution < -0.4 is 11.1 Å². The molecule has 0 aromatic heterocycles. The van der Waals surface area contributed by atoms with E-state index in [4.69, 9.17) is 10.5 Å². The van der Waals surface area contributed by atoms with Crippen molar-refractivity contribution in [1.29, 1.82) is 0 Å². The van der Waals surface area contributed by atoms with Crippen molar-refractivity contribution in [1.82, 2.24) is 5.32 Å². The largest absolute Gasteiger partial charge is 0.479 e. The molecule has 0 saturated carbocycles. The Morgan fingerprint density at radius 3 is 2.50 bits per heavy atom. The van der Waals surface area contributed by atoms with Crippen LogP contribution in [0.25, 0.3) is 0 Å². The van der Waals surface area contributed by atoms with Crippen molar-refractivity contribution in [3.8, 4) is 0 Å². The highest BCUT2D eigenvalue weighted by atomic mass is 16.5. The highest BCUT2D eigenvalue weighted by Crippen LogP contribution is 2.21. The first-order valence-electron chi connectivity index (χ1n) is 6.27. The van der Waals surface area contributed by atoms with Crippen LogP contribution >= 0.6 is 0 Å². The molecular weight excluding hydrogens is 260 g/mol. The number of benzene rings is 1. The molecule has 0 aliphatic carbocycles. The van der Waals surface area contributed by atoms with Gasteiger partial charge in [0.1, 0.15) is 0 Å². The van der Waals surface area contributed by atoms with E-state index in [9.17, 15) is 14.7 Å². The summed E-state index contributed by atoms with van der Waals surface area (Å²) in [6.07, 6.45) is 0.326. The van der Waals surface area contributed by atoms with Crippen LogP contribution in [0.5, 0.6) is 0 Å². The monoisotopic (exact) mass is 280 g/mol. The van der Waals surface area contributed by atoms with Gasteiger partial charge in [0.25, 0.3) is 0 Å². The zero-order chi connectivity index (χ0) is 15.2. The molecule has 1 aromatic carbocycles. The molecule has 2 unspecified atom stereocenters. The number of aliphatic carboxylic acids is 1. The van der Waals surface area contributed by atoms with E-state index in [1.807, 2.05) is 0 Å². The number of carbonyl (C=O) groups excluding carboxylic acids is 1. The van der Waals surface area contributed by atoms with Gasteiger partial charge in [0.05, 0.1) is 6.04 Å². The van der Waals surface area contributed by atoms with Gasteiger partial charge in [0.2, 0.25) is 5.91 Å². The van der Waals surface area contributed by atoms with E-state index in [0.29, 0.717) is 18.6 Å². The van der Waals surface area contributed by atoms with Crippen LogP contribution in [-0.2, 0) is 19.9 Å². The average molecular weight is 280 g/mol. The van der Waals surface area contributed by atoms with Gasteiger partial charge in [-0.2, -0.15) is 0 Å². The molecular formula is C14H20N2O4. The molecule has 1 amide bonds. The number of methoxy groups -OCH3 is 1. The minimum atomic E-state index is -1.51. The van der Waals surface area contributed by atoms with Crippen LogP contribution in [0, 0.1) is 0 Å². The number of ether oxygens (including phenoxy) is 1. The minimum Gasteiger partial charge on any atom is -0.479 e. The number of hydrogen-bond acceptors (Lipinski definition) is 4. The molecule has 0 heterocycles. The van der Waals surface area contributed by atoms with Crippen molar-refractivity contribution in [3.63, 3.8) is 0 Å². The first kappa shape index (κ1) is 16.1. The second-order valence-electron chi connectivity index (χ2n) is 4.67. The number of carboxylic acids is 1. The maximum Gasteiger partial charge on any atom is 0.333 e. The quantitative estimate of drug-likeness (QED) is 0.673. The minimum absolute atomic E-state index is 0.326. The van der Waals surface area contributed by atoms with E-state index in [1.165, 1.54) is 14.0 Å². The molecule has 20 heavy (non-hydrogen) atoms. The van der Waals surface area contributed by atoms with E-state index in [1.54, 1.807) is 30.3 Å². The van der Waals surface area contributed by atoms with Gasteiger partial charge in [-0.15, -0.1) is 0 Å². The van der Waals surface area contributed by atoms with Crippen molar-refractivity contribution < 1.29 is 19.4 Å². The number of nitrogens with one attached hydrogen (secondary N) is 1. The summed E-state index contributed by atoms with van der Waals surface area (Å²) >= 11 is 0. The maximum absolute atomic E-state index is 12.0. The van der Waals surface area contributed by atoms with Crippen LogP contribution in [0.4, 0.5) is 0 Å². The summed E-state index contributed by atoms with van der Waals surface area (Å²) < 4.78 is 4.85. The molecule has 1 rings (SSSR count). The van der Waals surface area contributed by atoms with Crippen molar-refractivity contribution in [3.05, 3.63) is 35.9 Å². The summed E-state index contributed by atoms with van der Waals surface area (Å²) in [6, 6.07) is 7.70. The lowest BCUT2D eigenvalue weighted by molar-refractivity contribution is -0.147. The van der Waals surface area contributed by atoms with Gasteiger partial charge in [-0.05, 0) is 18.9 Å². The molecule has 6 nitrogen and oxygen atoms in total. The Labute approximate surface area is 117 Å². The summed E-state index contributed by atoms with van der Waals surface area (Å²) in [4.78, 5) is 23.5. The van der Waals surface area contributed by atoms with Crippen molar-refractivity contribution >= 4 is 11.9 Å². The van der Waals surface area contributed by atoms with Gasteiger partial charge in [-0.1, -0.05) is 30.3 Å². The Bertz CT molecular complexity index is 464. The summed E-state index contributed by atoms with van der Waals surface area (Å²) in [7, 11) is 1.51. The third kappa shape index (κ3) is 3.79. The third-order valence-corrected chi connectivity index (χ3v) is 3.12. The third-order valence-electron chi connectivity index (χ3n) is 3.12. The standard InChI is InChI=1S/C14H20N2O4/c1-14(13(18)19,10-6-4-3-5-7-10)16-12(17)11(15)8-9-20-2/h3-7,11H,8-9,15H2,1-2H3,(H,16,17)(H,18,19). The van der Waals surface area contributed by atoms with Crippen LogP contribution in [0.15, 0.2) is 30.3 Å². The van der Waals surface area contributed by atoms with Gasteiger partial charge < -0.3 is 20.9 Å². The summed E-state index contributed by atoms with van der Waals surface area (Å²) in [5.41, 5.74) is 4.68. The predicted octanol–water partition coefficient (Wildman–Crippen LogP) is 0.466. The number of carbonyl (C=O) groups is 2. The smallest absolute Gasteiger partial charge is 0.333 e. The summed E-state index contributed by atoms with van der Waals surface area (Å²) in [5, 5.41) is 11.9. The average Bonchev–Trinajstić information content (AvgIpc) is 2.45. The lowest BCUT2D eigenvalue weighted by atomic mass is 9.91. The molecule has 0 fully saturated rings. The Hall–Kier alpha value is -1.92. The lowest BCUT2D eigenvalue weighted by Gasteiger charge is -2.28. The van der Waals surface area contributed by atoms with Crippen LogP contribution in [0.2, 0.25) is 0 Å². The van der Waals surface area contributed by atoms with E-state index in [0.717, 1.165) is 0 Å².